The monoisotopic (exact) mass is 779 g/mol. The molecule has 6 heteroatoms. The number of halogens is 1. The first-order valence-corrected chi connectivity index (χ1v) is 21.7. The number of nitrogens with one attached hydrogen (secondary N) is 1. The molecule has 4 aromatic carbocycles. The molecule has 5 nitrogen and oxygen atoms in total. The van der Waals surface area contributed by atoms with Crippen LogP contribution in [0.4, 0.5) is 10.1 Å². The smallest absolute Gasteiger partial charge is 0.255 e. The van der Waals surface area contributed by atoms with Gasteiger partial charge in [-0.05, 0) is 173 Å². The van der Waals surface area contributed by atoms with Crippen molar-refractivity contribution < 1.29 is 19.0 Å². The van der Waals surface area contributed by atoms with E-state index < -0.39 is 0 Å². The Morgan fingerprint density at radius 3 is 2.12 bits per heavy atom. The Morgan fingerprint density at radius 1 is 0.877 bits per heavy atom. The lowest BCUT2D eigenvalue weighted by molar-refractivity contribution is 0.102. The molecular weight excluding hydrogens is 708 g/mol. The van der Waals surface area contributed by atoms with Crippen molar-refractivity contribution in [3.05, 3.63) is 113 Å². The molecule has 5 rings (SSSR count). The number of carbonyl (C=O) groups excluding carboxylic acids is 1. The van der Waals surface area contributed by atoms with Gasteiger partial charge in [0, 0.05) is 22.9 Å². The zero-order valence-electron chi connectivity index (χ0n) is 36.7. The second kappa shape index (κ2) is 24.4. The van der Waals surface area contributed by atoms with E-state index in [0.29, 0.717) is 28.5 Å². The van der Waals surface area contributed by atoms with E-state index in [4.69, 9.17) is 4.74 Å². The van der Waals surface area contributed by atoms with Gasteiger partial charge in [0.1, 0.15) is 23.1 Å². The van der Waals surface area contributed by atoms with Crippen LogP contribution in [-0.2, 0) is 0 Å². The number of amides is 1. The van der Waals surface area contributed by atoms with Gasteiger partial charge >= 0.3 is 0 Å². The molecule has 4 aromatic rings. The molecule has 1 atom stereocenters. The highest BCUT2D eigenvalue weighted by molar-refractivity contribution is 6.04. The Bertz CT molecular complexity index is 1840. The summed E-state index contributed by atoms with van der Waals surface area (Å²) in [5, 5.41) is 13.9. The maximum absolute atomic E-state index is 13.5. The number of unbranched alkanes of at least 4 members (excludes halogenated alkanes) is 1. The number of anilines is 1. The highest BCUT2D eigenvalue weighted by atomic mass is 19.1. The van der Waals surface area contributed by atoms with Gasteiger partial charge in [-0.1, -0.05) is 91.5 Å². The minimum atomic E-state index is -0.323. The third kappa shape index (κ3) is 14.2. The van der Waals surface area contributed by atoms with Gasteiger partial charge in [-0.3, -0.25) is 4.79 Å². The van der Waals surface area contributed by atoms with Crippen LogP contribution >= 0.6 is 0 Å². The molecule has 1 aliphatic carbocycles. The molecule has 0 radical (unpaired) electrons. The van der Waals surface area contributed by atoms with E-state index in [1.807, 2.05) is 26.0 Å². The van der Waals surface area contributed by atoms with Crippen molar-refractivity contribution in [3.63, 3.8) is 0 Å². The fourth-order valence-corrected chi connectivity index (χ4v) is 6.91. The van der Waals surface area contributed by atoms with Gasteiger partial charge in [-0.25, -0.2) is 4.39 Å². The van der Waals surface area contributed by atoms with E-state index in [-0.39, 0.29) is 17.5 Å². The number of allylic oxidation sites excluding steroid dienone is 2. The summed E-state index contributed by atoms with van der Waals surface area (Å²) in [4.78, 5) is 15.8. The highest BCUT2D eigenvalue weighted by Gasteiger charge is 2.26. The molecule has 1 fully saturated rings. The number of aryl methyl sites for hydroxylation is 1. The van der Waals surface area contributed by atoms with Crippen LogP contribution in [0.2, 0.25) is 0 Å². The molecule has 57 heavy (non-hydrogen) atoms. The number of aromatic hydroxyl groups is 1. The van der Waals surface area contributed by atoms with E-state index >= 15 is 0 Å². The van der Waals surface area contributed by atoms with Crippen LogP contribution in [0.1, 0.15) is 153 Å². The van der Waals surface area contributed by atoms with Gasteiger partial charge in [0.2, 0.25) is 0 Å². The molecule has 1 aliphatic rings. The minimum Gasteiger partial charge on any atom is -0.507 e. The molecule has 1 saturated carbocycles. The van der Waals surface area contributed by atoms with E-state index in [1.165, 1.54) is 86.1 Å². The van der Waals surface area contributed by atoms with Gasteiger partial charge in [0.15, 0.2) is 0 Å². The Morgan fingerprint density at radius 2 is 1.54 bits per heavy atom. The third-order valence-electron chi connectivity index (χ3n) is 11.2. The number of benzene rings is 4. The molecular formula is C51H71FN2O3. The number of hydrogen-bond donors (Lipinski definition) is 2. The van der Waals surface area contributed by atoms with Crippen molar-refractivity contribution in [2.24, 2.45) is 5.92 Å². The average molecular weight is 779 g/mol. The standard InChI is InChI=1S/C36H36FNO3.C13H29N.C2H6/c1-5-22(2)24(4)32-21-31(16-9-23(32)3)41-30-17-12-27(13-18-30)36(40)38-29-19-33(25-7-6-8-25)35(34(39)20-29)26-10-14-28(37)15-11-26;1-5-8-11-14(10-6-2)12-9-13(4)7-3;1-2/h9-21,25,39H,5-8H2,1-4H3,(H,38,40);13H,5-12H2,1-4H3;1-2H3/b24-22-;;. The van der Waals surface area contributed by atoms with Crippen molar-refractivity contribution in [3.8, 4) is 28.4 Å². The van der Waals surface area contributed by atoms with Gasteiger partial charge in [-0.2, -0.15) is 0 Å². The summed E-state index contributed by atoms with van der Waals surface area (Å²) in [6, 6.07) is 22.7. The van der Waals surface area contributed by atoms with E-state index in [2.05, 4.69) is 77.7 Å². The number of rotatable bonds is 17. The van der Waals surface area contributed by atoms with E-state index in [1.54, 1.807) is 42.5 Å². The Labute approximate surface area is 344 Å². The summed E-state index contributed by atoms with van der Waals surface area (Å²) in [7, 11) is 0. The van der Waals surface area contributed by atoms with Crippen LogP contribution in [-0.4, -0.2) is 35.5 Å². The topological polar surface area (TPSA) is 61.8 Å². The first kappa shape index (κ1) is 47.0. The maximum Gasteiger partial charge on any atom is 0.255 e. The summed E-state index contributed by atoms with van der Waals surface area (Å²) in [6.07, 6.45) is 10.8. The summed E-state index contributed by atoms with van der Waals surface area (Å²) >= 11 is 0. The van der Waals surface area contributed by atoms with Crippen LogP contribution in [0.5, 0.6) is 17.2 Å². The van der Waals surface area contributed by atoms with Gasteiger partial charge in [0.05, 0.1) is 0 Å². The predicted molar refractivity (Wildman–Crippen MR) is 241 cm³/mol. The molecule has 2 N–H and O–H groups in total. The number of ether oxygens (including phenoxy) is 1. The van der Waals surface area contributed by atoms with Crippen molar-refractivity contribution >= 4 is 17.2 Å². The van der Waals surface area contributed by atoms with Crippen molar-refractivity contribution in [1.29, 1.82) is 0 Å². The SMILES string of the molecule is CC.CC/C(C)=C(/C)c1cc(Oc2ccc(C(=O)Nc3cc(O)c(-c4ccc(F)cc4)c(C4CCC4)c3)cc2)ccc1C.CCCCN(CCC)CCC(C)CC. The second-order valence-electron chi connectivity index (χ2n) is 15.4. The van der Waals surface area contributed by atoms with E-state index in [0.717, 1.165) is 48.5 Å². The van der Waals surface area contributed by atoms with Gasteiger partial charge < -0.3 is 20.1 Å². The van der Waals surface area contributed by atoms with E-state index in [9.17, 15) is 14.3 Å². The Kier molecular flexibility index (Phi) is 20.1. The van der Waals surface area contributed by atoms with Crippen molar-refractivity contribution in [2.75, 3.05) is 25.0 Å². The fourth-order valence-electron chi connectivity index (χ4n) is 6.91. The molecule has 0 aromatic heterocycles. The molecule has 1 unspecified atom stereocenters. The Balaban J connectivity index is 0.000000462. The lowest BCUT2D eigenvalue weighted by atomic mass is 9.76. The number of phenolic OH excluding ortho intramolecular Hbond substituents is 1. The van der Waals surface area contributed by atoms with Crippen LogP contribution in [0, 0.1) is 18.7 Å². The predicted octanol–water partition coefficient (Wildman–Crippen LogP) is 15.0. The quantitative estimate of drug-likeness (QED) is 0.112. The maximum atomic E-state index is 13.5. The van der Waals surface area contributed by atoms with Gasteiger partial charge in [0.25, 0.3) is 5.91 Å². The van der Waals surface area contributed by atoms with Crippen LogP contribution < -0.4 is 10.1 Å². The van der Waals surface area contributed by atoms with Crippen LogP contribution in [0.25, 0.3) is 16.7 Å². The zero-order chi connectivity index (χ0) is 41.9. The normalized spacial score (nSPS) is 13.3. The molecule has 0 aliphatic heterocycles. The largest absolute Gasteiger partial charge is 0.507 e. The highest BCUT2D eigenvalue weighted by Crippen LogP contribution is 2.46. The first-order valence-electron chi connectivity index (χ1n) is 21.7. The van der Waals surface area contributed by atoms with Crippen molar-refractivity contribution in [2.45, 2.75) is 133 Å². The Hall–Kier alpha value is -4.42. The summed E-state index contributed by atoms with van der Waals surface area (Å²) in [5.74, 6) is 2.04. The number of nitrogens with zero attached hydrogens (tertiary/aromatic N) is 1. The lowest BCUT2D eigenvalue weighted by Crippen LogP contribution is -2.27. The summed E-state index contributed by atoms with van der Waals surface area (Å²) in [6.45, 7) is 25.7. The van der Waals surface area contributed by atoms with Crippen LogP contribution in [0.15, 0.2) is 84.4 Å². The first-order chi connectivity index (χ1) is 27.5. The molecule has 1 amide bonds. The molecule has 310 valence electrons. The zero-order valence-corrected chi connectivity index (χ0v) is 36.7. The lowest BCUT2D eigenvalue weighted by Gasteiger charge is -2.29. The number of hydrogen-bond acceptors (Lipinski definition) is 4. The number of phenols is 1. The molecule has 0 saturated heterocycles. The second-order valence-corrected chi connectivity index (χ2v) is 15.4. The van der Waals surface area contributed by atoms with Crippen molar-refractivity contribution in [1.82, 2.24) is 4.90 Å². The van der Waals surface area contributed by atoms with Gasteiger partial charge in [-0.15, -0.1) is 0 Å². The fraction of sp³-hybridized carbons (Fsp3) is 0.471. The molecule has 0 heterocycles. The average Bonchev–Trinajstić information content (AvgIpc) is 3.20. The summed E-state index contributed by atoms with van der Waals surface area (Å²) in [5.41, 5.74) is 8.41. The summed E-state index contributed by atoms with van der Waals surface area (Å²) < 4.78 is 19.6. The van der Waals surface area contributed by atoms with Crippen LogP contribution in [0.3, 0.4) is 0 Å². The molecule has 0 spiro atoms. The molecule has 0 bridgehead atoms. The third-order valence-corrected chi connectivity index (χ3v) is 11.2. The number of carbonyl (C=O) groups is 1. The minimum absolute atomic E-state index is 0.0664.